The van der Waals surface area contributed by atoms with Crippen molar-refractivity contribution >= 4 is 12.0 Å². The first kappa shape index (κ1) is 15.8. The second-order valence-corrected chi connectivity index (χ2v) is 7.54. The molecule has 1 saturated heterocycles. The maximum Gasteiger partial charge on any atom is 0.408 e. The zero-order chi connectivity index (χ0) is 16.8. The van der Waals surface area contributed by atoms with Gasteiger partial charge < -0.3 is 15.0 Å². The molecule has 5 heteroatoms. The molecular formula is C18H24N2O3. The van der Waals surface area contributed by atoms with E-state index in [9.17, 15) is 9.59 Å². The Morgan fingerprint density at radius 3 is 2.61 bits per heavy atom. The molecule has 0 aromatic heterocycles. The van der Waals surface area contributed by atoms with Crippen LogP contribution in [-0.2, 0) is 9.53 Å². The van der Waals surface area contributed by atoms with Crippen molar-refractivity contribution in [2.75, 3.05) is 6.54 Å². The number of nitrogens with one attached hydrogen (secondary N) is 1. The summed E-state index contributed by atoms with van der Waals surface area (Å²) in [5.74, 6) is 0.193. The van der Waals surface area contributed by atoms with Gasteiger partial charge in [0.1, 0.15) is 11.1 Å². The van der Waals surface area contributed by atoms with Gasteiger partial charge in [0.15, 0.2) is 0 Å². The van der Waals surface area contributed by atoms with Crippen LogP contribution in [0.5, 0.6) is 0 Å². The van der Waals surface area contributed by atoms with Crippen molar-refractivity contribution in [2.45, 2.75) is 51.3 Å². The number of nitrogens with zero attached hydrogens (tertiary/aromatic N) is 1. The Balaban J connectivity index is 1.69. The monoisotopic (exact) mass is 316 g/mol. The summed E-state index contributed by atoms with van der Waals surface area (Å²) < 4.78 is 5.30. The van der Waals surface area contributed by atoms with Crippen LogP contribution in [-0.4, -0.2) is 34.6 Å². The Hall–Kier alpha value is -2.04. The van der Waals surface area contributed by atoms with E-state index in [1.807, 2.05) is 62.9 Å². The minimum Gasteiger partial charge on any atom is -0.444 e. The van der Waals surface area contributed by atoms with E-state index in [0.717, 1.165) is 5.56 Å². The Kier molecular flexibility index (Phi) is 3.62. The highest BCUT2D eigenvalue weighted by atomic mass is 16.6. The maximum atomic E-state index is 12.8. The molecule has 2 fully saturated rings. The van der Waals surface area contributed by atoms with Crippen LogP contribution in [0.25, 0.3) is 0 Å². The van der Waals surface area contributed by atoms with Crippen molar-refractivity contribution in [1.82, 2.24) is 10.2 Å². The molecule has 5 nitrogen and oxygen atoms in total. The first-order valence-electron chi connectivity index (χ1n) is 8.10. The SMILES string of the molecule is CC(c1ccccc1)N1CC2CC2(NC(=O)OC(C)(C)C)C1=O. The molecule has 0 radical (unpaired) electrons. The van der Waals surface area contributed by atoms with Crippen LogP contribution < -0.4 is 5.32 Å². The molecule has 23 heavy (non-hydrogen) atoms. The minimum absolute atomic E-state index is 0.00436. The fourth-order valence-electron chi connectivity index (χ4n) is 3.33. The lowest BCUT2D eigenvalue weighted by molar-refractivity contribution is -0.133. The average molecular weight is 316 g/mol. The van der Waals surface area contributed by atoms with Crippen LogP contribution in [0.15, 0.2) is 30.3 Å². The van der Waals surface area contributed by atoms with Crippen LogP contribution in [0.4, 0.5) is 4.79 Å². The van der Waals surface area contributed by atoms with Gasteiger partial charge in [-0.1, -0.05) is 30.3 Å². The summed E-state index contributed by atoms with van der Waals surface area (Å²) in [7, 11) is 0. The summed E-state index contributed by atoms with van der Waals surface area (Å²) >= 11 is 0. The van der Waals surface area contributed by atoms with E-state index in [2.05, 4.69) is 5.32 Å². The third kappa shape index (κ3) is 2.92. The van der Waals surface area contributed by atoms with E-state index in [1.165, 1.54) is 0 Å². The van der Waals surface area contributed by atoms with Gasteiger partial charge in [0.05, 0.1) is 6.04 Å². The van der Waals surface area contributed by atoms with Gasteiger partial charge in [0.25, 0.3) is 0 Å². The fourth-order valence-corrected chi connectivity index (χ4v) is 3.33. The standard InChI is InChI=1S/C18H24N2O3/c1-12(13-8-6-5-7-9-13)20-11-14-10-18(14,15(20)21)19-16(22)23-17(2,3)4/h5-9,12,14H,10-11H2,1-4H3,(H,19,22). The summed E-state index contributed by atoms with van der Waals surface area (Å²) in [6.07, 6.45) is 0.200. The van der Waals surface area contributed by atoms with Crippen LogP contribution in [0, 0.1) is 5.92 Å². The van der Waals surface area contributed by atoms with Gasteiger partial charge in [0, 0.05) is 12.5 Å². The van der Waals surface area contributed by atoms with Crippen molar-refractivity contribution in [3.05, 3.63) is 35.9 Å². The highest BCUT2D eigenvalue weighted by Crippen LogP contribution is 2.52. The van der Waals surface area contributed by atoms with Gasteiger partial charge in [-0.05, 0) is 39.7 Å². The molecule has 2 aliphatic rings. The molecule has 3 rings (SSSR count). The summed E-state index contributed by atoms with van der Waals surface area (Å²) in [6, 6.07) is 9.97. The molecule has 0 spiro atoms. The number of carbonyl (C=O) groups excluding carboxylic acids is 2. The predicted molar refractivity (Wildman–Crippen MR) is 86.8 cm³/mol. The molecule has 3 atom stereocenters. The number of carbonyl (C=O) groups is 2. The number of piperidine rings is 1. The first-order chi connectivity index (χ1) is 10.7. The van der Waals surface area contributed by atoms with Crippen molar-refractivity contribution in [1.29, 1.82) is 0 Å². The molecule has 0 bridgehead atoms. The smallest absolute Gasteiger partial charge is 0.408 e. The van der Waals surface area contributed by atoms with Crippen molar-refractivity contribution in [3.63, 3.8) is 0 Å². The van der Waals surface area contributed by atoms with Crippen LogP contribution in [0.3, 0.4) is 0 Å². The number of likely N-dealkylation sites (tertiary alicyclic amines) is 1. The Labute approximate surface area is 137 Å². The number of hydrogen-bond acceptors (Lipinski definition) is 3. The highest BCUT2D eigenvalue weighted by Gasteiger charge is 2.68. The van der Waals surface area contributed by atoms with Crippen LogP contribution >= 0.6 is 0 Å². The number of rotatable bonds is 3. The van der Waals surface area contributed by atoms with Crippen molar-refractivity contribution in [3.8, 4) is 0 Å². The Bertz CT molecular complexity index is 623. The lowest BCUT2D eigenvalue weighted by Gasteiger charge is -2.28. The summed E-state index contributed by atoms with van der Waals surface area (Å²) in [5, 5.41) is 2.82. The van der Waals surface area contributed by atoms with Crippen LogP contribution in [0.2, 0.25) is 0 Å². The minimum atomic E-state index is -0.745. The Morgan fingerprint density at radius 1 is 1.35 bits per heavy atom. The quantitative estimate of drug-likeness (QED) is 0.933. The number of ether oxygens (including phenoxy) is 1. The molecule has 1 saturated carbocycles. The molecule has 1 aromatic rings. The molecule has 1 aliphatic carbocycles. The molecule has 1 aromatic carbocycles. The second-order valence-electron chi connectivity index (χ2n) is 7.54. The third-order valence-electron chi connectivity index (χ3n) is 4.64. The largest absolute Gasteiger partial charge is 0.444 e. The van der Waals surface area contributed by atoms with Crippen molar-refractivity contribution in [2.24, 2.45) is 5.92 Å². The van der Waals surface area contributed by atoms with Gasteiger partial charge in [-0.2, -0.15) is 0 Å². The summed E-state index contributed by atoms with van der Waals surface area (Å²) in [6.45, 7) is 8.16. The lowest BCUT2D eigenvalue weighted by atomic mass is 10.1. The van der Waals surface area contributed by atoms with E-state index >= 15 is 0 Å². The number of benzene rings is 1. The zero-order valence-electron chi connectivity index (χ0n) is 14.1. The van der Waals surface area contributed by atoms with Crippen LogP contribution in [0.1, 0.15) is 45.7 Å². The first-order valence-corrected chi connectivity index (χ1v) is 8.10. The predicted octanol–water partition coefficient (Wildman–Crippen LogP) is 2.87. The van der Waals surface area contributed by atoms with E-state index < -0.39 is 17.2 Å². The molecule has 1 N–H and O–H groups in total. The molecule has 1 heterocycles. The molecular weight excluding hydrogens is 292 g/mol. The van der Waals surface area contributed by atoms with Gasteiger partial charge in [-0.25, -0.2) is 4.79 Å². The van der Waals surface area contributed by atoms with Gasteiger partial charge in [-0.3, -0.25) is 4.79 Å². The van der Waals surface area contributed by atoms with Gasteiger partial charge in [0.2, 0.25) is 5.91 Å². The average Bonchev–Trinajstić information content (AvgIpc) is 3.09. The van der Waals surface area contributed by atoms with Gasteiger partial charge >= 0.3 is 6.09 Å². The number of amides is 2. The van der Waals surface area contributed by atoms with Crippen molar-refractivity contribution < 1.29 is 14.3 Å². The number of fused-ring (bicyclic) bond motifs is 1. The molecule has 1 aliphatic heterocycles. The third-order valence-corrected chi connectivity index (χ3v) is 4.64. The highest BCUT2D eigenvalue weighted by molar-refractivity contribution is 5.96. The summed E-state index contributed by atoms with van der Waals surface area (Å²) in [5.41, 5.74) is -0.204. The number of hydrogen-bond donors (Lipinski definition) is 1. The zero-order valence-corrected chi connectivity index (χ0v) is 14.1. The topological polar surface area (TPSA) is 58.6 Å². The van der Waals surface area contributed by atoms with E-state index in [0.29, 0.717) is 13.0 Å². The molecule has 124 valence electrons. The Morgan fingerprint density at radius 2 is 2.00 bits per heavy atom. The van der Waals surface area contributed by atoms with E-state index in [1.54, 1.807) is 0 Å². The normalized spacial score (nSPS) is 27.4. The fraction of sp³-hybridized carbons (Fsp3) is 0.556. The second kappa shape index (κ2) is 5.25. The van der Waals surface area contributed by atoms with E-state index in [4.69, 9.17) is 4.74 Å². The van der Waals surface area contributed by atoms with Gasteiger partial charge in [-0.15, -0.1) is 0 Å². The maximum absolute atomic E-state index is 12.8. The summed E-state index contributed by atoms with van der Waals surface area (Å²) in [4.78, 5) is 26.7. The molecule has 3 unspecified atom stereocenters. The molecule has 2 amide bonds. The number of alkyl carbamates (subject to hydrolysis) is 1. The lowest BCUT2D eigenvalue weighted by Crippen LogP contribution is -2.48. The van der Waals surface area contributed by atoms with E-state index in [-0.39, 0.29) is 17.9 Å².